The number of aryl methyl sites for hydroxylation is 2. The fraction of sp³-hybridized carbons (Fsp3) is 0.385. The van der Waals surface area contributed by atoms with Crippen molar-refractivity contribution in [1.82, 2.24) is 0 Å². The lowest BCUT2D eigenvalue weighted by Crippen LogP contribution is -2.17. The van der Waals surface area contributed by atoms with E-state index in [4.69, 9.17) is 0 Å². The van der Waals surface area contributed by atoms with Crippen LogP contribution in [0, 0.1) is 13.8 Å². The number of nitrogens with zero attached hydrogens (tertiary/aromatic N) is 1. The van der Waals surface area contributed by atoms with Crippen molar-refractivity contribution in [3.8, 4) is 0 Å². The van der Waals surface area contributed by atoms with Crippen LogP contribution in [0.25, 0.3) is 6.08 Å². The highest BCUT2D eigenvalue weighted by molar-refractivity contribution is 5.63. The first kappa shape index (κ1) is 10.8. The number of anilines is 1. The van der Waals surface area contributed by atoms with E-state index in [1.807, 2.05) is 6.08 Å². The Morgan fingerprint density at radius 1 is 1.29 bits per heavy atom. The lowest BCUT2D eigenvalue weighted by Gasteiger charge is -2.20. The van der Waals surface area contributed by atoms with Gasteiger partial charge in [-0.1, -0.05) is 18.7 Å². The normalized spacial score (nSPS) is 10.0. The molecule has 0 heterocycles. The molecule has 0 saturated carbocycles. The molecule has 0 spiro atoms. The lowest BCUT2D eigenvalue weighted by molar-refractivity contribution is 0.960. The van der Waals surface area contributed by atoms with Crippen LogP contribution in [0.1, 0.15) is 23.6 Å². The molecule has 0 aliphatic rings. The molecule has 0 N–H and O–H groups in total. The molecule has 0 saturated heterocycles. The molecule has 1 nitrogen and oxygen atoms in total. The molecule has 0 aromatic heterocycles. The molecule has 0 aliphatic heterocycles. The molecule has 14 heavy (non-hydrogen) atoms. The molecule has 1 rings (SSSR count). The standard InChI is InChI=1S/C13H19N/c1-6-12-9-13(14(5)7-2)11(4)8-10(12)3/h6,8-9H,1,7H2,2-5H3. The molecule has 0 unspecified atom stereocenters. The summed E-state index contributed by atoms with van der Waals surface area (Å²) in [5, 5.41) is 0. The Kier molecular flexibility index (Phi) is 3.34. The van der Waals surface area contributed by atoms with Gasteiger partial charge in [0.25, 0.3) is 0 Å². The van der Waals surface area contributed by atoms with Gasteiger partial charge in [0.15, 0.2) is 0 Å². The van der Waals surface area contributed by atoms with Gasteiger partial charge in [-0.05, 0) is 43.5 Å². The largest absolute Gasteiger partial charge is 0.375 e. The topological polar surface area (TPSA) is 3.24 Å². The Morgan fingerprint density at radius 3 is 2.43 bits per heavy atom. The number of hydrogen-bond acceptors (Lipinski definition) is 1. The molecule has 0 aliphatic carbocycles. The van der Waals surface area contributed by atoms with Crippen molar-refractivity contribution in [3.63, 3.8) is 0 Å². The molecular formula is C13H19N. The third-order valence-electron chi connectivity index (χ3n) is 2.69. The Labute approximate surface area is 87.1 Å². The second-order valence-electron chi connectivity index (χ2n) is 3.71. The van der Waals surface area contributed by atoms with Crippen molar-refractivity contribution < 1.29 is 0 Å². The van der Waals surface area contributed by atoms with Gasteiger partial charge in [-0.25, -0.2) is 0 Å². The molecule has 0 fully saturated rings. The van der Waals surface area contributed by atoms with Gasteiger partial charge < -0.3 is 4.90 Å². The van der Waals surface area contributed by atoms with Crippen LogP contribution in [0.3, 0.4) is 0 Å². The van der Waals surface area contributed by atoms with Gasteiger partial charge in [-0.3, -0.25) is 0 Å². The van der Waals surface area contributed by atoms with Crippen molar-refractivity contribution in [2.75, 3.05) is 18.5 Å². The molecule has 1 heteroatoms. The smallest absolute Gasteiger partial charge is 0.0399 e. The summed E-state index contributed by atoms with van der Waals surface area (Å²) in [5.74, 6) is 0. The van der Waals surface area contributed by atoms with Crippen LogP contribution in [0.5, 0.6) is 0 Å². The quantitative estimate of drug-likeness (QED) is 0.704. The van der Waals surface area contributed by atoms with Gasteiger partial charge in [0.2, 0.25) is 0 Å². The Bertz CT molecular complexity index is 339. The van der Waals surface area contributed by atoms with Gasteiger partial charge in [0.1, 0.15) is 0 Å². The van der Waals surface area contributed by atoms with Crippen molar-refractivity contribution in [2.24, 2.45) is 0 Å². The van der Waals surface area contributed by atoms with Crippen LogP contribution in [0.4, 0.5) is 5.69 Å². The van der Waals surface area contributed by atoms with Gasteiger partial charge in [0.05, 0.1) is 0 Å². The lowest BCUT2D eigenvalue weighted by atomic mass is 10.0. The first-order chi connectivity index (χ1) is 6.60. The zero-order valence-corrected chi connectivity index (χ0v) is 9.59. The highest BCUT2D eigenvalue weighted by atomic mass is 15.1. The van der Waals surface area contributed by atoms with Crippen molar-refractivity contribution in [3.05, 3.63) is 35.4 Å². The van der Waals surface area contributed by atoms with E-state index in [2.05, 4.69) is 51.4 Å². The first-order valence-electron chi connectivity index (χ1n) is 5.05. The fourth-order valence-corrected chi connectivity index (χ4v) is 1.66. The summed E-state index contributed by atoms with van der Waals surface area (Å²) >= 11 is 0. The minimum absolute atomic E-state index is 1.03. The number of benzene rings is 1. The summed E-state index contributed by atoms with van der Waals surface area (Å²) in [6, 6.07) is 4.43. The summed E-state index contributed by atoms with van der Waals surface area (Å²) in [4.78, 5) is 2.25. The minimum atomic E-state index is 1.03. The highest BCUT2D eigenvalue weighted by Crippen LogP contribution is 2.23. The zero-order valence-electron chi connectivity index (χ0n) is 9.59. The summed E-state index contributed by atoms with van der Waals surface area (Å²) in [6.45, 7) is 11.3. The Morgan fingerprint density at radius 2 is 1.93 bits per heavy atom. The SMILES string of the molecule is C=Cc1cc(N(C)CC)c(C)cc1C. The summed E-state index contributed by atoms with van der Waals surface area (Å²) in [7, 11) is 2.12. The van der Waals surface area contributed by atoms with Crippen molar-refractivity contribution in [2.45, 2.75) is 20.8 Å². The zero-order chi connectivity index (χ0) is 10.7. The fourth-order valence-electron chi connectivity index (χ4n) is 1.66. The van der Waals surface area contributed by atoms with Crippen LogP contribution >= 0.6 is 0 Å². The van der Waals surface area contributed by atoms with E-state index in [1.165, 1.54) is 22.4 Å². The van der Waals surface area contributed by atoms with Gasteiger partial charge in [-0.2, -0.15) is 0 Å². The monoisotopic (exact) mass is 189 g/mol. The van der Waals surface area contributed by atoms with Gasteiger partial charge >= 0.3 is 0 Å². The molecule has 0 atom stereocenters. The van der Waals surface area contributed by atoms with Crippen LogP contribution in [-0.2, 0) is 0 Å². The average molecular weight is 189 g/mol. The molecular weight excluding hydrogens is 170 g/mol. The van der Waals surface area contributed by atoms with E-state index in [0.717, 1.165) is 6.54 Å². The highest BCUT2D eigenvalue weighted by Gasteiger charge is 2.05. The maximum absolute atomic E-state index is 3.83. The maximum Gasteiger partial charge on any atom is 0.0399 e. The molecule has 0 bridgehead atoms. The Hall–Kier alpha value is -1.24. The van der Waals surface area contributed by atoms with Crippen LogP contribution in [0.2, 0.25) is 0 Å². The third-order valence-corrected chi connectivity index (χ3v) is 2.69. The van der Waals surface area contributed by atoms with E-state index >= 15 is 0 Å². The summed E-state index contributed by atoms with van der Waals surface area (Å²) in [6.07, 6.45) is 1.92. The summed E-state index contributed by atoms with van der Waals surface area (Å²) in [5.41, 5.74) is 5.15. The third kappa shape index (κ3) is 1.98. The molecule has 1 aromatic rings. The van der Waals surface area contributed by atoms with Gasteiger partial charge in [-0.15, -0.1) is 0 Å². The van der Waals surface area contributed by atoms with Crippen LogP contribution in [0.15, 0.2) is 18.7 Å². The van der Waals surface area contributed by atoms with Crippen LogP contribution < -0.4 is 4.90 Å². The van der Waals surface area contributed by atoms with E-state index in [1.54, 1.807) is 0 Å². The second-order valence-corrected chi connectivity index (χ2v) is 3.71. The molecule has 76 valence electrons. The summed E-state index contributed by atoms with van der Waals surface area (Å²) < 4.78 is 0. The van der Waals surface area contributed by atoms with E-state index in [-0.39, 0.29) is 0 Å². The molecule has 0 radical (unpaired) electrons. The maximum atomic E-state index is 3.83. The predicted molar refractivity (Wildman–Crippen MR) is 65.0 cm³/mol. The van der Waals surface area contributed by atoms with Crippen LogP contribution in [-0.4, -0.2) is 13.6 Å². The predicted octanol–water partition coefficient (Wildman–Crippen LogP) is 3.40. The Balaban J connectivity index is 3.23. The van der Waals surface area contributed by atoms with Gasteiger partial charge in [0, 0.05) is 19.3 Å². The number of rotatable bonds is 3. The second kappa shape index (κ2) is 4.32. The first-order valence-corrected chi connectivity index (χ1v) is 5.05. The number of hydrogen-bond donors (Lipinski definition) is 0. The van der Waals surface area contributed by atoms with E-state index < -0.39 is 0 Å². The van der Waals surface area contributed by atoms with E-state index in [9.17, 15) is 0 Å². The van der Waals surface area contributed by atoms with E-state index in [0.29, 0.717) is 0 Å². The molecule has 0 amide bonds. The van der Waals surface area contributed by atoms with Crippen molar-refractivity contribution >= 4 is 11.8 Å². The van der Waals surface area contributed by atoms with Crippen molar-refractivity contribution in [1.29, 1.82) is 0 Å². The average Bonchev–Trinajstić information content (AvgIpc) is 2.17. The minimum Gasteiger partial charge on any atom is -0.375 e. The molecule has 1 aromatic carbocycles.